The molecule has 98 valence electrons. The van der Waals surface area contributed by atoms with Crippen LogP contribution in [0.25, 0.3) is 0 Å². The lowest BCUT2D eigenvalue weighted by Gasteiger charge is -2.29. The van der Waals surface area contributed by atoms with Crippen molar-refractivity contribution >= 4 is 23.5 Å². The normalized spacial score (nSPS) is 25.8. The first-order valence-corrected chi connectivity index (χ1v) is 6.15. The number of anilines is 1. The van der Waals surface area contributed by atoms with E-state index in [9.17, 15) is 14.4 Å². The molecule has 1 saturated carbocycles. The Labute approximate surface area is 109 Å². The van der Waals surface area contributed by atoms with Crippen molar-refractivity contribution in [1.82, 2.24) is 4.98 Å². The summed E-state index contributed by atoms with van der Waals surface area (Å²) in [5.74, 6) is -1.84. The summed E-state index contributed by atoms with van der Waals surface area (Å²) < 4.78 is 0. The Hall–Kier alpha value is -2.24. The molecule has 2 heterocycles. The van der Waals surface area contributed by atoms with Gasteiger partial charge in [-0.1, -0.05) is 0 Å². The van der Waals surface area contributed by atoms with Gasteiger partial charge < -0.3 is 5.11 Å². The first-order chi connectivity index (χ1) is 9.08. The molecule has 1 aliphatic carbocycles. The zero-order valence-corrected chi connectivity index (χ0v) is 10.1. The molecular formula is C13H12N2O4. The number of pyridine rings is 1. The maximum atomic E-state index is 12.2. The van der Waals surface area contributed by atoms with Crippen molar-refractivity contribution in [3.8, 4) is 0 Å². The van der Waals surface area contributed by atoms with E-state index in [2.05, 4.69) is 4.98 Å². The van der Waals surface area contributed by atoms with Crippen molar-refractivity contribution in [2.75, 3.05) is 4.90 Å². The Morgan fingerprint density at radius 1 is 1.26 bits per heavy atom. The maximum absolute atomic E-state index is 12.2. The van der Waals surface area contributed by atoms with Crippen LogP contribution in [0.1, 0.15) is 29.8 Å². The Kier molecular flexibility index (Phi) is 2.58. The molecule has 19 heavy (non-hydrogen) atoms. The maximum Gasteiger partial charge on any atom is 0.354 e. The highest BCUT2D eigenvalue weighted by atomic mass is 16.4. The summed E-state index contributed by atoms with van der Waals surface area (Å²) >= 11 is 0. The van der Waals surface area contributed by atoms with E-state index in [1.165, 1.54) is 18.3 Å². The van der Waals surface area contributed by atoms with Gasteiger partial charge in [0.2, 0.25) is 11.8 Å². The highest BCUT2D eigenvalue weighted by molar-refractivity contribution is 6.18. The molecule has 3 rings (SSSR count). The second-order valence-corrected chi connectivity index (χ2v) is 4.92. The summed E-state index contributed by atoms with van der Waals surface area (Å²) in [5, 5.41) is 8.90. The van der Waals surface area contributed by atoms with Crippen LogP contribution >= 0.6 is 0 Å². The molecule has 2 amide bonds. The predicted molar refractivity (Wildman–Crippen MR) is 64.5 cm³/mol. The average molecular weight is 260 g/mol. The number of aromatic carboxylic acids is 1. The number of nitrogens with zero attached hydrogens (tertiary/aromatic N) is 2. The lowest BCUT2D eigenvalue weighted by molar-refractivity contribution is -0.133. The second-order valence-electron chi connectivity index (χ2n) is 4.92. The van der Waals surface area contributed by atoms with Crippen molar-refractivity contribution in [2.24, 2.45) is 11.8 Å². The van der Waals surface area contributed by atoms with E-state index < -0.39 is 5.97 Å². The number of hydrogen-bond donors (Lipinski definition) is 1. The topological polar surface area (TPSA) is 87.6 Å². The lowest BCUT2D eigenvalue weighted by atomic mass is 9.96. The summed E-state index contributed by atoms with van der Waals surface area (Å²) in [7, 11) is 0. The monoisotopic (exact) mass is 260 g/mol. The minimum absolute atomic E-state index is 0.107. The molecule has 2 atom stereocenters. The average Bonchev–Trinajstić information content (AvgIpc) is 2.84. The SMILES string of the molecule is O=C(O)c1cc(N2C(=O)C3CCC(C3)C2=O)ccn1. The number of rotatable bonds is 2. The van der Waals surface area contributed by atoms with E-state index >= 15 is 0 Å². The third-order valence-corrected chi connectivity index (χ3v) is 3.79. The van der Waals surface area contributed by atoms with Gasteiger partial charge in [0, 0.05) is 18.0 Å². The van der Waals surface area contributed by atoms with Crippen LogP contribution in [0.2, 0.25) is 0 Å². The summed E-state index contributed by atoms with van der Waals surface area (Å²) in [6.45, 7) is 0. The van der Waals surface area contributed by atoms with Crippen molar-refractivity contribution in [1.29, 1.82) is 0 Å². The molecule has 0 aromatic carbocycles. The fraction of sp³-hybridized carbons (Fsp3) is 0.385. The van der Waals surface area contributed by atoms with Crippen LogP contribution in [0.15, 0.2) is 18.3 Å². The van der Waals surface area contributed by atoms with E-state index in [1.807, 2.05) is 0 Å². The second kappa shape index (κ2) is 4.15. The van der Waals surface area contributed by atoms with Crippen LogP contribution in [0.5, 0.6) is 0 Å². The van der Waals surface area contributed by atoms with Crippen molar-refractivity contribution in [3.05, 3.63) is 24.0 Å². The molecule has 1 aliphatic heterocycles. The minimum atomic E-state index is -1.18. The largest absolute Gasteiger partial charge is 0.477 e. The number of carbonyl (C=O) groups is 3. The van der Waals surface area contributed by atoms with Gasteiger partial charge in [-0.25, -0.2) is 14.7 Å². The number of fused-ring (bicyclic) bond motifs is 2. The van der Waals surface area contributed by atoms with Gasteiger partial charge in [0.1, 0.15) is 5.69 Å². The smallest absolute Gasteiger partial charge is 0.354 e. The van der Waals surface area contributed by atoms with E-state index in [-0.39, 0.29) is 29.3 Å². The fourth-order valence-electron chi connectivity index (χ4n) is 2.83. The van der Waals surface area contributed by atoms with Crippen LogP contribution < -0.4 is 4.90 Å². The summed E-state index contributed by atoms with van der Waals surface area (Å²) in [6, 6.07) is 2.76. The molecule has 2 fully saturated rings. The van der Waals surface area contributed by atoms with Gasteiger partial charge in [0.05, 0.1) is 5.69 Å². The number of carbonyl (C=O) groups excluding carboxylic acids is 2. The van der Waals surface area contributed by atoms with Gasteiger partial charge in [0.25, 0.3) is 0 Å². The van der Waals surface area contributed by atoms with Gasteiger partial charge in [-0.2, -0.15) is 0 Å². The Morgan fingerprint density at radius 3 is 2.47 bits per heavy atom. The summed E-state index contributed by atoms with van der Waals surface area (Å²) in [6.07, 6.45) is 3.41. The van der Waals surface area contributed by atoms with Gasteiger partial charge >= 0.3 is 5.97 Å². The summed E-state index contributed by atoms with van der Waals surface area (Å²) in [4.78, 5) is 40.1. The van der Waals surface area contributed by atoms with Crippen molar-refractivity contribution < 1.29 is 19.5 Å². The number of amides is 2. The fourth-order valence-corrected chi connectivity index (χ4v) is 2.83. The molecular weight excluding hydrogens is 248 g/mol. The van der Waals surface area contributed by atoms with E-state index in [0.29, 0.717) is 12.1 Å². The van der Waals surface area contributed by atoms with Crippen LogP contribution in [0.3, 0.4) is 0 Å². The first-order valence-electron chi connectivity index (χ1n) is 6.15. The molecule has 1 saturated heterocycles. The summed E-state index contributed by atoms with van der Waals surface area (Å²) in [5.41, 5.74) is 0.134. The predicted octanol–water partition coefficient (Wildman–Crippen LogP) is 1.07. The van der Waals surface area contributed by atoms with Gasteiger partial charge in [0.15, 0.2) is 0 Å². The van der Waals surface area contributed by atoms with E-state index in [1.54, 1.807) is 0 Å². The molecule has 2 unspecified atom stereocenters. The third kappa shape index (κ3) is 1.80. The lowest BCUT2D eigenvalue weighted by Crippen LogP contribution is -2.46. The molecule has 6 nitrogen and oxygen atoms in total. The number of carboxylic acid groups (broad SMARTS) is 1. The van der Waals surface area contributed by atoms with E-state index in [4.69, 9.17) is 5.11 Å². The molecule has 6 heteroatoms. The number of hydrogen-bond acceptors (Lipinski definition) is 4. The molecule has 2 bridgehead atoms. The number of carboxylic acids is 1. The molecule has 2 aliphatic rings. The minimum Gasteiger partial charge on any atom is -0.477 e. The van der Waals surface area contributed by atoms with Crippen molar-refractivity contribution in [3.63, 3.8) is 0 Å². The highest BCUT2D eigenvalue weighted by Crippen LogP contribution is 2.39. The van der Waals surface area contributed by atoms with Crippen LogP contribution in [-0.2, 0) is 9.59 Å². The van der Waals surface area contributed by atoms with Gasteiger partial charge in [-0.15, -0.1) is 0 Å². The van der Waals surface area contributed by atoms with Gasteiger partial charge in [-0.3, -0.25) is 9.59 Å². The van der Waals surface area contributed by atoms with Gasteiger partial charge in [-0.05, 0) is 31.4 Å². The van der Waals surface area contributed by atoms with E-state index in [0.717, 1.165) is 17.7 Å². The third-order valence-electron chi connectivity index (χ3n) is 3.79. The van der Waals surface area contributed by atoms with Crippen molar-refractivity contribution in [2.45, 2.75) is 19.3 Å². The molecule has 1 aromatic rings. The Bertz CT molecular complexity index is 562. The standard InChI is InChI=1S/C13H12N2O4/c16-11-7-1-2-8(5-7)12(17)15(11)9-3-4-14-10(6-9)13(18)19/h3-4,6-8H,1-2,5H2,(H,18,19). The quantitative estimate of drug-likeness (QED) is 0.803. The Balaban J connectivity index is 2.01. The molecule has 0 radical (unpaired) electrons. The van der Waals surface area contributed by atoms with Crippen LogP contribution in [0.4, 0.5) is 5.69 Å². The molecule has 1 N–H and O–H groups in total. The number of aromatic nitrogens is 1. The number of imide groups is 1. The number of piperidine rings is 1. The van der Waals surface area contributed by atoms with Crippen LogP contribution in [0, 0.1) is 11.8 Å². The zero-order chi connectivity index (χ0) is 13.6. The first kappa shape index (κ1) is 11.8. The zero-order valence-electron chi connectivity index (χ0n) is 10.1. The van der Waals surface area contributed by atoms with Crippen LogP contribution in [-0.4, -0.2) is 27.9 Å². The highest BCUT2D eigenvalue weighted by Gasteiger charge is 2.45. The Morgan fingerprint density at radius 2 is 1.89 bits per heavy atom. The molecule has 0 spiro atoms. The molecule has 1 aromatic heterocycles.